The summed E-state index contributed by atoms with van der Waals surface area (Å²) in [6, 6.07) is -4.95. The van der Waals surface area contributed by atoms with Crippen LogP contribution in [0.3, 0.4) is 0 Å². The second-order valence-corrected chi connectivity index (χ2v) is 26.4. The molecule has 109 heavy (non-hydrogen) atoms. The van der Waals surface area contributed by atoms with E-state index in [0.29, 0.717) is 29.2 Å². The topological polar surface area (TPSA) is 694 Å². The summed E-state index contributed by atoms with van der Waals surface area (Å²) < 4.78 is 10.6. The third kappa shape index (κ3) is 30.5. The van der Waals surface area contributed by atoms with Gasteiger partial charge in [-0.3, -0.25) is 92.7 Å². The molecule has 2 aromatic carbocycles. The molecule has 0 spiro atoms. The summed E-state index contributed by atoms with van der Waals surface area (Å²) in [5.74, 6) is -12.7. The Kier molecular flexibility index (Phi) is 35.7. The van der Waals surface area contributed by atoms with E-state index in [1.807, 2.05) is 0 Å². The normalized spacial score (nSPS) is 14.6. The zero-order valence-electron chi connectivity index (χ0n) is 61.3. The van der Waals surface area contributed by atoms with E-state index < -0.39 is 178 Å². The van der Waals surface area contributed by atoms with Gasteiger partial charge in [-0.05, 0) is 113 Å². The third-order valence-corrected chi connectivity index (χ3v) is 16.7. The van der Waals surface area contributed by atoms with Gasteiger partial charge < -0.3 is 112 Å². The molecule has 3 aromatic rings. The number of hydrogen-bond donors (Lipinski definition) is 18. The van der Waals surface area contributed by atoms with Gasteiger partial charge in [0.15, 0.2) is 17.9 Å². The van der Waals surface area contributed by atoms with Crippen molar-refractivity contribution in [3.8, 4) is 5.75 Å². The van der Waals surface area contributed by atoms with Crippen LogP contribution in [0.15, 0.2) is 66.7 Å². The number of anilines is 1. The summed E-state index contributed by atoms with van der Waals surface area (Å²) in [5, 5.41) is 58.9. The summed E-state index contributed by atoms with van der Waals surface area (Å²) in [7, 11) is 1.43. The van der Waals surface area contributed by atoms with Crippen LogP contribution in [-0.2, 0) is 64.0 Å². The first-order chi connectivity index (χ1) is 51.4. The number of likely N-dealkylation sites (tertiary alicyclic amines) is 1. The number of ether oxygens (including phenoxy) is 1. The summed E-state index contributed by atoms with van der Waals surface area (Å²) in [4.78, 5) is 213. The lowest BCUT2D eigenvalue weighted by Crippen LogP contribution is -2.60. The molecule has 1 aromatic heterocycles. The number of nitro groups is 2. The van der Waals surface area contributed by atoms with Gasteiger partial charge in [0.25, 0.3) is 11.4 Å². The van der Waals surface area contributed by atoms with Gasteiger partial charge >= 0.3 is 11.6 Å². The van der Waals surface area contributed by atoms with Crippen LogP contribution < -0.4 is 104 Å². The summed E-state index contributed by atoms with van der Waals surface area (Å²) in [5.41, 5.74) is 36.1. The van der Waals surface area contributed by atoms with E-state index in [2.05, 4.69) is 68.1 Å². The van der Waals surface area contributed by atoms with Crippen molar-refractivity contribution in [1.82, 2.24) is 52.8 Å². The maximum absolute atomic E-state index is 14.5. The number of carbonyl (C=O) groups excluding carboxylic acids is 11. The van der Waals surface area contributed by atoms with Crippen LogP contribution in [0.2, 0.25) is 0 Å². The number of nitrogens with two attached hydrogens (primary N) is 7. The number of aliphatic carboxylic acids is 1. The van der Waals surface area contributed by atoms with Gasteiger partial charge in [0.2, 0.25) is 65.0 Å². The Balaban J connectivity index is 1.57. The minimum absolute atomic E-state index is 0.00815. The number of aliphatic imine (C=N–C) groups is 3. The number of nitrogens with zero attached hydrogens (tertiary/aromatic N) is 6. The molecular weight excluding hydrogens is 1430 g/mol. The molecule has 43 nitrogen and oxygen atoms in total. The summed E-state index contributed by atoms with van der Waals surface area (Å²) in [6.45, 7) is 6.52. The Bertz CT molecular complexity index is 3930. The number of fused-ring (bicyclic) bond motifs is 1. The van der Waals surface area contributed by atoms with E-state index in [1.165, 1.54) is 18.1 Å². The Morgan fingerprint density at radius 1 is 0.606 bits per heavy atom. The van der Waals surface area contributed by atoms with E-state index in [1.54, 1.807) is 39.8 Å². The number of carboxylic acids is 1. The number of nitro benzene ring substituents is 2. The number of rotatable bonds is 46. The number of hydrogen-bond acceptors (Lipinski definition) is 23. The number of amides is 11. The Morgan fingerprint density at radius 2 is 1.13 bits per heavy atom. The first-order valence-corrected chi connectivity index (χ1v) is 34.8. The quantitative estimate of drug-likeness (QED) is 0.00638. The number of nitrogens with one attached hydrogen (secondary N) is 10. The highest BCUT2D eigenvalue weighted by Crippen LogP contribution is 2.30. The van der Waals surface area contributed by atoms with Gasteiger partial charge in [0, 0.05) is 62.7 Å². The van der Waals surface area contributed by atoms with Crippen molar-refractivity contribution in [2.75, 3.05) is 51.7 Å². The average Bonchev–Trinajstić information content (AvgIpc) is 1.80. The summed E-state index contributed by atoms with van der Waals surface area (Å²) >= 11 is 0. The van der Waals surface area contributed by atoms with E-state index in [0.717, 1.165) is 25.1 Å². The van der Waals surface area contributed by atoms with E-state index in [-0.39, 0.29) is 131 Å². The number of non-ortho nitro benzene ring substituents is 1. The van der Waals surface area contributed by atoms with Crippen molar-refractivity contribution < 1.29 is 81.6 Å². The highest BCUT2D eigenvalue weighted by atomic mass is 16.6. The van der Waals surface area contributed by atoms with Gasteiger partial charge in [0.1, 0.15) is 71.4 Å². The lowest BCUT2D eigenvalue weighted by Gasteiger charge is -2.30. The maximum atomic E-state index is 14.5. The van der Waals surface area contributed by atoms with Gasteiger partial charge in [-0.25, -0.2) is 4.79 Å². The van der Waals surface area contributed by atoms with Crippen molar-refractivity contribution in [2.24, 2.45) is 66.9 Å². The first-order valence-electron chi connectivity index (χ1n) is 34.8. The minimum atomic E-state index is -1.85. The number of benzene rings is 2. The Labute approximate surface area is 624 Å². The highest BCUT2D eigenvalue weighted by Gasteiger charge is 2.40. The van der Waals surface area contributed by atoms with Crippen LogP contribution in [0, 0.1) is 32.1 Å². The van der Waals surface area contributed by atoms with E-state index in [4.69, 9.17) is 49.3 Å². The molecule has 0 bridgehead atoms. The van der Waals surface area contributed by atoms with E-state index in [9.17, 15) is 87.7 Å². The number of methoxy groups -OCH3 is 1. The number of primary amides is 1. The second kappa shape index (κ2) is 43.8. The van der Waals surface area contributed by atoms with Gasteiger partial charge in [-0.1, -0.05) is 27.7 Å². The molecule has 1 aliphatic heterocycles. The predicted octanol–water partition coefficient (Wildman–Crippen LogP) is -4.12. The fraction of sp³-hybridized carbons (Fsp3) is 0.545. The molecule has 9 atom stereocenters. The molecule has 1 saturated heterocycles. The fourth-order valence-corrected chi connectivity index (χ4v) is 11.3. The standard InChI is InChI=1S/C66H99N23O20/c1-33(2)25-45(85-62(102)48-14-10-24-87(48)63(103)44(13-9-23-76-66(72)73)80-51(90)27-36-28-54(94)109-50-30-38(108-6)16-17-39(36)50)57(97)78-32-52(91)81-46(26-34(3)4)60(100)86-47(31-77-40-18-15-37(88(104)105)29-49(40)89(106)107)61(101)79-35(5)56(96)83-42(12-8-22-75-65(70)71)58(98)84-43(19-20-53(92)93)59(99)82-41(55(67)95)11-7-21-74-64(68)69/h15-18,28-30,33-35,41-48,77H,7-14,19-27,31-32H2,1-6H3,(H2,67,95)(H,78,97)(H,79,101)(H,80,90)(H,81,91)(H,82,99)(H,83,96)(H,84,98)(H,85,102)(H,86,100)(H,92,93)(H4,68,69,74)(H4,70,71,75)(H4,72,73,76)/t35-,41+,42+,43-,44-,45-,46-,47?,48+/m0/s1. The fourth-order valence-electron chi connectivity index (χ4n) is 11.3. The van der Waals surface area contributed by atoms with Crippen LogP contribution in [0.1, 0.15) is 117 Å². The largest absolute Gasteiger partial charge is 0.497 e. The average molecular weight is 1530 g/mol. The maximum Gasteiger partial charge on any atom is 0.336 e. The molecule has 0 aliphatic carbocycles. The SMILES string of the molecule is COc1ccc2c(CC(=O)N[C@@H](CCCN=C(N)N)C(=O)N3CCC[C@@H]3C(=O)N[C@@H](CC(C)C)C(=O)NCC(=O)N[C@@H](CC(C)C)C(=O)NC(CNc3ccc([N+](=O)[O-])cc3[N+](=O)[O-])C(=O)N[C@@H](C)C(=O)N[C@H](CCCN=C(N)N)C(=O)N[C@@H](CCC(=O)O)C(=O)N[C@H](CCCN=C(N)N)C(N)=O)cc(=O)oc2c1. The van der Waals surface area contributed by atoms with Crippen LogP contribution in [0.25, 0.3) is 11.0 Å². The smallest absolute Gasteiger partial charge is 0.336 e. The van der Waals surface area contributed by atoms with Crippen molar-refractivity contribution in [3.05, 3.63) is 78.7 Å². The molecule has 2 heterocycles. The molecule has 1 aliphatic rings. The molecule has 1 unspecified atom stereocenters. The van der Waals surface area contributed by atoms with Gasteiger partial charge in [0.05, 0.1) is 36.0 Å². The highest BCUT2D eigenvalue weighted by molar-refractivity contribution is 5.99. The van der Waals surface area contributed by atoms with Gasteiger partial charge in [-0.2, -0.15) is 0 Å². The predicted molar refractivity (Wildman–Crippen MR) is 395 cm³/mol. The van der Waals surface area contributed by atoms with E-state index >= 15 is 0 Å². The molecule has 43 heteroatoms. The Morgan fingerprint density at radius 3 is 1.68 bits per heavy atom. The first kappa shape index (κ1) is 88.9. The molecule has 0 radical (unpaired) electrons. The van der Waals surface area contributed by atoms with Crippen LogP contribution in [0.5, 0.6) is 5.75 Å². The van der Waals surface area contributed by atoms with Crippen molar-refractivity contribution in [1.29, 1.82) is 0 Å². The number of guanidine groups is 3. The molecule has 4 rings (SSSR count). The zero-order chi connectivity index (χ0) is 81.4. The number of carboxylic acid groups (broad SMARTS) is 1. The van der Waals surface area contributed by atoms with Gasteiger partial charge in [-0.15, -0.1) is 0 Å². The van der Waals surface area contributed by atoms with Crippen molar-refractivity contribution in [3.63, 3.8) is 0 Å². The second-order valence-electron chi connectivity index (χ2n) is 26.4. The molecule has 1 fully saturated rings. The molecule has 25 N–H and O–H groups in total. The lowest BCUT2D eigenvalue weighted by atomic mass is 10.0. The minimum Gasteiger partial charge on any atom is -0.497 e. The molecule has 598 valence electrons. The van der Waals surface area contributed by atoms with Crippen LogP contribution in [-0.4, -0.2) is 209 Å². The molecule has 0 saturated carbocycles. The van der Waals surface area contributed by atoms with Crippen LogP contribution >= 0.6 is 0 Å². The van der Waals surface area contributed by atoms with Crippen molar-refractivity contribution in [2.45, 2.75) is 172 Å². The number of carbonyl (C=O) groups is 12. The van der Waals surface area contributed by atoms with Crippen molar-refractivity contribution >= 4 is 117 Å². The van der Waals surface area contributed by atoms with Crippen LogP contribution in [0.4, 0.5) is 17.1 Å². The molecule has 11 amide bonds. The zero-order valence-corrected chi connectivity index (χ0v) is 61.3. The lowest BCUT2D eigenvalue weighted by molar-refractivity contribution is -0.393. The monoisotopic (exact) mass is 1530 g/mol. The third-order valence-electron chi connectivity index (χ3n) is 16.7. The Hall–Kier alpha value is -12.5. The molecular formula is C66H99N23O20. The summed E-state index contributed by atoms with van der Waals surface area (Å²) in [6.07, 6.45) is -1.23.